The van der Waals surface area contributed by atoms with Crippen molar-refractivity contribution in [2.45, 2.75) is 31.7 Å². The van der Waals surface area contributed by atoms with Crippen molar-refractivity contribution in [3.05, 3.63) is 22.9 Å². The van der Waals surface area contributed by atoms with Gasteiger partial charge in [0.1, 0.15) is 10.4 Å². The Morgan fingerprint density at radius 1 is 1.38 bits per heavy atom. The summed E-state index contributed by atoms with van der Waals surface area (Å²) in [4.78, 5) is 18.3. The lowest BCUT2D eigenvalue weighted by atomic mass is 10.2. The summed E-state index contributed by atoms with van der Waals surface area (Å²) in [6, 6.07) is 3.97. The standard InChI is InChI=1S/C16H20BrN5O2/c17-13-9-19-15-6-5-14(20-22(13)15)18-8-12-2-1-7-21(12)16(23)24-10-11-3-4-11/h5-6,9,11-12H,1-4,7-8,10H2,(H,18,20). The third-order valence-corrected chi connectivity index (χ3v) is 5.13. The normalized spacial score (nSPS) is 20.5. The molecule has 2 aromatic rings. The second kappa shape index (κ2) is 6.58. The van der Waals surface area contributed by atoms with E-state index in [-0.39, 0.29) is 12.1 Å². The highest BCUT2D eigenvalue weighted by Gasteiger charge is 2.31. The first-order valence-corrected chi connectivity index (χ1v) is 9.17. The molecule has 0 spiro atoms. The van der Waals surface area contributed by atoms with E-state index >= 15 is 0 Å². The molecule has 1 amide bonds. The van der Waals surface area contributed by atoms with E-state index in [1.165, 1.54) is 12.8 Å². The van der Waals surface area contributed by atoms with Crippen LogP contribution in [0.2, 0.25) is 0 Å². The van der Waals surface area contributed by atoms with Gasteiger partial charge < -0.3 is 15.0 Å². The van der Waals surface area contributed by atoms with Gasteiger partial charge in [-0.2, -0.15) is 0 Å². The van der Waals surface area contributed by atoms with Crippen LogP contribution in [0.25, 0.3) is 5.65 Å². The average Bonchev–Trinajstić information content (AvgIpc) is 3.19. The number of amides is 1. The highest BCUT2D eigenvalue weighted by atomic mass is 79.9. The van der Waals surface area contributed by atoms with Crippen LogP contribution in [0.15, 0.2) is 22.9 Å². The Morgan fingerprint density at radius 2 is 2.25 bits per heavy atom. The van der Waals surface area contributed by atoms with Crippen molar-refractivity contribution in [3.63, 3.8) is 0 Å². The predicted molar refractivity (Wildman–Crippen MR) is 93.0 cm³/mol. The molecule has 24 heavy (non-hydrogen) atoms. The fourth-order valence-corrected chi connectivity index (χ4v) is 3.37. The second-order valence-electron chi connectivity index (χ2n) is 6.46. The molecule has 0 bridgehead atoms. The first kappa shape index (κ1) is 15.7. The first-order chi connectivity index (χ1) is 11.7. The highest BCUT2D eigenvalue weighted by molar-refractivity contribution is 9.10. The van der Waals surface area contributed by atoms with Gasteiger partial charge in [0.2, 0.25) is 0 Å². The molecule has 128 valence electrons. The largest absolute Gasteiger partial charge is 0.449 e. The van der Waals surface area contributed by atoms with Crippen LogP contribution < -0.4 is 5.32 Å². The SMILES string of the molecule is O=C(OCC1CC1)N1CCCC1CNc1ccc2ncc(Br)n2n1. The number of hydrogen-bond acceptors (Lipinski definition) is 5. The Morgan fingerprint density at radius 3 is 3.08 bits per heavy atom. The number of carbonyl (C=O) groups excluding carboxylic acids is 1. The van der Waals surface area contributed by atoms with Gasteiger partial charge in [-0.1, -0.05) is 0 Å². The lowest BCUT2D eigenvalue weighted by Gasteiger charge is -2.24. The molecule has 1 saturated carbocycles. The van der Waals surface area contributed by atoms with Gasteiger partial charge in [0.25, 0.3) is 0 Å². The number of rotatable bonds is 5. The molecule has 4 rings (SSSR count). The lowest BCUT2D eigenvalue weighted by Crippen LogP contribution is -2.40. The molecule has 1 saturated heterocycles. The molecule has 0 aromatic carbocycles. The number of anilines is 1. The van der Waals surface area contributed by atoms with Crippen molar-refractivity contribution >= 4 is 33.5 Å². The second-order valence-corrected chi connectivity index (χ2v) is 7.27. The highest BCUT2D eigenvalue weighted by Crippen LogP contribution is 2.29. The summed E-state index contributed by atoms with van der Waals surface area (Å²) < 4.78 is 7.97. The molecule has 1 N–H and O–H groups in total. The minimum Gasteiger partial charge on any atom is -0.449 e. The van der Waals surface area contributed by atoms with E-state index < -0.39 is 0 Å². The zero-order valence-electron chi connectivity index (χ0n) is 13.3. The molecule has 8 heteroatoms. The summed E-state index contributed by atoms with van der Waals surface area (Å²) in [5, 5.41) is 7.82. The van der Waals surface area contributed by atoms with Crippen LogP contribution in [0, 0.1) is 5.92 Å². The van der Waals surface area contributed by atoms with Crippen molar-refractivity contribution in [1.29, 1.82) is 0 Å². The van der Waals surface area contributed by atoms with Gasteiger partial charge in [0.05, 0.1) is 18.8 Å². The number of ether oxygens (including phenoxy) is 1. The Balaban J connectivity index is 1.36. The predicted octanol–water partition coefficient (Wildman–Crippen LogP) is 2.91. The Labute approximate surface area is 148 Å². The third kappa shape index (κ3) is 3.33. The summed E-state index contributed by atoms with van der Waals surface area (Å²) in [5.74, 6) is 1.36. The first-order valence-electron chi connectivity index (χ1n) is 8.38. The zero-order valence-corrected chi connectivity index (χ0v) is 14.9. The number of carbonyl (C=O) groups is 1. The quantitative estimate of drug-likeness (QED) is 0.845. The van der Waals surface area contributed by atoms with Gasteiger partial charge in [0.15, 0.2) is 5.65 Å². The maximum atomic E-state index is 12.2. The number of nitrogens with one attached hydrogen (secondary N) is 1. The number of likely N-dealkylation sites (tertiary alicyclic amines) is 1. The number of halogens is 1. The third-order valence-electron chi connectivity index (χ3n) is 4.59. The smallest absolute Gasteiger partial charge is 0.410 e. The van der Waals surface area contributed by atoms with Crippen LogP contribution in [0.5, 0.6) is 0 Å². The van der Waals surface area contributed by atoms with Gasteiger partial charge in [-0.25, -0.2) is 14.3 Å². The van der Waals surface area contributed by atoms with Crippen molar-refractivity contribution < 1.29 is 9.53 Å². The van der Waals surface area contributed by atoms with Gasteiger partial charge >= 0.3 is 6.09 Å². The van der Waals surface area contributed by atoms with Gasteiger partial charge in [0, 0.05) is 13.1 Å². The fraction of sp³-hybridized carbons (Fsp3) is 0.562. The van der Waals surface area contributed by atoms with Crippen LogP contribution in [0.4, 0.5) is 10.6 Å². The Hall–Kier alpha value is -1.83. The van der Waals surface area contributed by atoms with E-state index in [1.807, 2.05) is 17.0 Å². The molecule has 2 fully saturated rings. The van der Waals surface area contributed by atoms with E-state index in [4.69, 9.17) is 4.74 Å². The Bertz CT molecular complexity index is 745. The molecule has 2 aliphatic rings. The molecular formula is C16H20BrN5O2. The molecule has 1 atom stereocenters. The lowest BCUT2D eigenvalue weighted by molar-refractivity contribution is 0.0956. The van der Waals surface area contributed by atoms with Crippen LogP contribution in [0.3, 0.4) is 0 Å². The topological polar surface area (TPSA) is 71.8 Å². The van der Waals surface area contributed by atoms with Crippen molar-refractivity contribution in [2.75, 3.05) is 25.0 Å². The fourth-order valence-electron chi connectivity index (χ4n) is 3.01. The maximum absolute atomic E-state index is 12.2. The van der Waals surface area contributed by atoms with E-state index in [2.05, 4.69) is 31.3 Å². The number of nitrogens with zero attached hydrogens (tertiary/aromatic N) is 4. The summed E-state index contributed by atoms with van der Waals surface area (Å²) in [7, 11) is 0. The Kier molecular flexibility index (Phi) is 4.30. The number of hydrogen-bond donors (Lipinski definition) is 1. The molecule has 0 radical (unpaired) electrons. The van der Waals surface area contributed by atoms with Crippen molar-refractivity contribution in [1.82, 2.24) is 19.5 Å². The van der Waals surface area contributed by atoms with Crippen molar-refractivity contribution in [2.24, 2.45) is 5.92 Å². The number of aromatic nitrogens is 3. The summed E-state index contributed by atoms with van der Waals surface area (Å²) in [6.45, 7) is 2.01. The van der Waals surface area contributed by atoms with E-state index in [1.54, 1.807) is 10.7 Å². The average molecular weight is 394 g/mol. The monoisotopic (exact) mass is 393 g/mol. The summed E-state index contributed by atoms with van der Waals surface area (Å²) in [5.41, 5.74) is 0.790. The summed E-state index contributed by atoms with van der Waals surface area (Å²) >= 11 is 3.42. The van der Waals surface area contributed by atoms with E-state index in [0.717, 1.165) is 35.5 Å². The van der Waals surface area contributed by atoms with Gasteiger partial charge in [-0.15, -0.1) is 5.10 Å². The number of fused-ring (bicyclic) bond motifs is 1. The molecule has 1 unspecified atom stereocenters. The molecule has 1 aliphatic heterocycles. The van der Waals surface area contributed by atoms with E-state index in [0.29, 0.717) is 19.1 Å². The maximum Gasteiger partial charge on any atom is 0.410 e. The van der Waals surface area contributed by atoms with Gasteiger partial charge in [-0.05, 0) is 59.7 Å². The number of imidazole rings is 1. The molecule has 2 aromatic heterocycles. The van der Waals surface area contributed by atoms with E-state index in [9.17, 15) is 4.79 Å². The zero-order chi connectivity index (χ0) is 16.5. The van der Waals surface area contributed by atoms with Crippen LogP contribution in [-0.2, 0) is 4.74 Å². The van der Waals surface area contributed by atoms with Crippen LogP contribution in [0.1, 0.15) is 25.7 Å². The minimum absolute atomic E-state index is 0.153. The molecule has 1 aliphatic carbocycles. The van der Waals surface area contributed by atoms with Gasteiger partial charge in [-0.3, -0.25) is 0 Å². The minimum atomic E-state index is -0.174. The summed E-state index contributed by atoms with van der Waals surface area (Å²) in [6.07, 6.45) is 5.94. The molecule has 7 nitrogen and oxygen atoms in total. The van der Waals surface area contributed by atoms with Crippen molar-refractivity contribution in [3.8, 4) is 0 Å². The van der Waals surface area contributed by atoms with Crippen LogP contribution >= 0.6 is 15.9 Å². The molecular weight excluding hydrogens is 374 g/mol. The molecule has 3 heterocycles. The van der Waals surface area contributed by atoms with Crippen LogP contribution in [-0.4, -0.2) is 51.3 Å².